The van der Waals surface area contributed by atoms with Gasteiger partial charge in [-0.15, -0.1) is 11.8 Å². The highest BCUT2D eigenvalue weighted by Crippen LogP contribution is 2.34. The first kappa shape index (κ1) is 18.9. The molecule has 6 heteroatoms. The van der Waals surface area contributed by atoms with Crippen molar-refractivity contribution in [3.8, 4) is 5.75 Å². The third kappa shape index (κ3) is 3.87. The van der Waals surface area contributed by atoms with Crippen molar-refractivity contribution in [1.82, 2.24) is 14.9 Å². The number of para-hydroxylation sites is 2. The van der Waals surface area contributed by atoms with Gasteiger partial charge in [0.2, 0.25) is 5.91 Å². The molecule has 0 radical (unpaired) electrons. The zero-order valence-electron chi connectivity index (χ0n) is 16.2. The second-order valence-corrected chi connectivity index (χ2v) is 8.44. The van der Waals surface area contributed by atoms with E-state index >= 15 is 0 Å². The molecule has 0 aliphatic carbocycles. The average Bonchev–Trinajstić information content (AvgIpc) is 3.39. The normalized spacial score (nSPS) is 17.8. The molecule has 1 aliphatic heterocycles. The average molecular weight is 396 g/mol. The van der Waals surface area contributed by atoms with Crippen LogP contribution in [0.25, 0.3) is 11.0 Å². The lowest BCUT2D eigenvalue weighted by molar-refractivity contribution is -0.129. The van der Waals surface area contributed by atoms with Gasteiger partial charge in [0.1, 0.15) is 11.6 Å². The van der Waals surface area contributed by atoms with Crippen molar-refractivity contribution in [3.05, 3.63) is 59.9 Å². The number of thioether (sulfide) groups is 1. The first-order chi connectivity index (χ1) is 13.7. The van der Waals surface area contributed by atoms with Gasteiger partial charge in [-0.05, 0) is 49.6 Å². The van der Waals surface area contributed by atoms with Gasteiger partial charge >= 0.3 is 0 Å². The summed E-state index contributed by atoms with van der Waals surface area (Å²) < 4.78 is 5.24. The zero-order chi connectivity index (χ0) is 19.5. The van der Waals surface area contributed by atoms with Gasteiger partial charge in [0.15, 0.2) is 0 Å². The smallest absolute Gasteiger partial charge is 0.233 e. The number of nitrogens with one attached hydrogen (secondary N) is 1. The molecule has 0 spiro atoms. The second kappa shape index (κ2) is 8.27. The van der Waals surface area contributed by atoms with Crippen molar-refractivity contribution in [2.24, 2.45) is 0 Å². The minimum absolute atomic E-state index is 0.137. The molecule has 3 aromatic rings. The Morgan fingerprint density at radius 3 is 2.82 bits per heavy atom. The predicted molar refractivity (Wildman–Crippen MR) is 114 cm³/mol. The summed E-state index contributed by atoms with van der Waals surface area (Å²) in [4.78, 5) is 23.0. The molecule has 0 bridgehead atoms. The third-order valence-electron chi connectivity index (χ3n) is 5.32. The van der Waals surface area contributed by atoms with E-state index in [2.05, 4.69) is 29.0 Å². The number of benzene rings is 2. The van der Waals surface area contributed by atoms with Crippen molar-refractivity contribution in [2.75, 3.05) is 19.4 Å². The molecule has 1 fully saturated rings. The molecule has 1 N–H and O–H groups in total. The Labute approximate surface area is 169 Å². The number of rotatable bonds is 6. The lowest BCUT2D eigenvalue weighted by atomic mass is 10.0. The molecule has 2 heterocycles. The number of carbonyl (C=O) groups excluding carboxylic acids is 1. The van der Waals surface area contributed by atoms with Gasteiger partial charge in [0, 0.05) is 6.54 Å². The number of fused-ring (bicyclic) bond motifs is 1. The van der Waals surface area contributed by atoms with E-state index < -0.39 is 0 Å². The van der Waals surface area contributed by atoms with Crippen molar-refractivity contribution in [3.63, 3.8) is 0 Å². The Hall–Kier alpha value is -2.47. The number of hydrogen-bond acceptors (Lipinski definition) is 4. The summed E-state index contributed by atoms with van der Waals surface area (Å²) >= 11 is 1.64. The van der Waals surface area contributed by atoms with Crippen LogP contribution < -0.4 is 4.74 Å². The summed E-state index contributed by atoms with van der Waals surface area (Å²) in [6, 6.07) is 16.3. The van der Waals surface area contributed by atoms with E-state index in [9.17, 15) is 4.79 Å². The number of carbonyl (C=O) groups is 1. The minimum atomic E-state index is 0.137. The minimum Gasteiger partial charge on any atom is -0.497 e. The molecule has 1 saturated heterocycles. The molecule has 1 aliphatic rings. The standard InChI is InChI=1S/C22H25N3O2S/c1-15(22-23-18-6-3-4-7-19(18)24-22)28-14-21(26)25-13-5-8-20(25)16-9-11-17(27-2)12-10-16/h3-4,6-7,9-12,15,20H,5,8,13-14H2,1-2H3,(H,23,24). The van der Waals surface area contributed by atoms with Gasteiger partial charge in [-0.1, -0.05) is 24.3 Å². The highest BCUT2D eigenvalue weighted by Gasteiger charge is 2.30. The third-order valence-corrected chi connectivity index (χ3v) is 6.46. The summed E-state index contributed by atoms with van der Waals surface area (Å²) in [6.45, 7) is 2.93. The van der Waals surface area contributed by atoms with Crippen molar-refractivity contribution >= 4 is 28.7 Å². The number of nitrogens with zero attached hydrogens (tertiary/aromatic N) is 2. The van der Waals surface area contributed by atoms with Gasteiger partial charge in [-0.25, -0.2) is 4.98 Å². The molecular formula is C22H25N3O2S. The van der Waals surface area contributed by atoms with Crippen LogP contribution in [-0.4, -0.2) is 40.2 Å². The Kier molecular flexibility index (Phi) is 5.57. The molecule has 5 nitrogen and oxygen atoms in total. The summed E-state index contributed by atoms with van der Waals surface area (Å²) in [5, 5.41) is 0.137. The van der Waals surface area contributed by atoms with Crippen molar-refractivity contribution < 1.29 is 9.53 Å². The topological polar surface area (TPSA) is 58.2 Å². The van der Waals surface area contributed by atoms with Crippen molar-refractivity contribution in [2.45, 2.75) is 31.1 Å². The van der Waals surface area contributed by atoms with Crippen LogP contribution in [0.3, 0.4) is 0 Å². The SMILES string of the molecule is COc1ccc(C2CCCN2C(=O)CSC(C)c2nc3ccccc3[nH]2)cc1. The van der Waals surface area contributed by atoms with E-state index in [1.807, 2.05) is 41.3 Å². The predicted octanol–water partition coefficient (Wildman–Crippen LogP) is 4.73. The number of H-pyrrole nitrogens is 1. The molecule has 0 saturated carbocycles. The molecule has 2 aromatic carbocycles. The van der Waals surface area contributed by atoms with Gasteiger partial charge in [-0.2, -0.15) is 0 Å². The number of likely N-dealkylation sites (tertiary alicyclic amines) is 1. The van der Waals surface area contributed by atoms with Crippen molar-refractivity contribution in [1.29, 1.82) is 0 Å². The zero-order valence-corrected chi connectivity index (χ0v) is 17.0. The largest absolute Gasteiger partial charge is 0.497 e. The summed E-state index contributed by atoms with van der Waals surface area (Å²) in [5.74, 6) is 2.43. The molecule has 2 atom stereocenters. The fourth-order valence-electron chi connectivity index (χ4n) is 3.76. The Morgan fingerprint density at radius 2 is 2.07 bits per heavy atom. The van der Waals surface area contributed by atoms with Crippen LogP contribution in [0.5, 0.6) is 5.75 Å². The summed E-state index contributed by atoms with van der Waals surface area (Å²) in [6.07, 6.45) is 2.06. The van der Waals surface area contributed by atoms with E-state index in [1.165, 1.54) is 5.56 Å². The fraction of sp³-hybridized carbons (Fsp3) is 0.364. The van der Waals surface area contributed by atoms with Crippen LogP contribution in [0.15, 0.2) is 48.5 Å². The maximum Gasteiger partial charge on any atom is 0.233 e. The summed E-state index contributed by atoms with van der Waals surface area (Å²) in [7, 11) is 1.67. The highest BCUT2D eigenvalue weighted by atomic mass is 32.2. The van der Waals surface area contributed by atoms with Gasteiger partial charge in [0.25, 0.3) is 0 Å². The number of aromatic amines is 1. The molecule has 4 rings (SSSR count). The van der Waals surface area contributed by atoms with Crippen LogP contribution in [-0.2, 0) is 4.79 Å². The Bertz CT molecular complexity index is 921. The number of aromatic nitrogens is 2. The quantitative estimate of drug-likeness (QED) is 0.656. The maximum absolute atomic E-state index is 12.9. The van der Waals surface area contributed by atoms with Crippen LogP contribution in [0.2, 0.25) is 0 Å². The van der Waals surface area contributed by atoms with E-state index in [0.29, 0.717) is 5.75 Å². The van der Waals surface area contributed by atoms with Crippen LogP contribution in [0, 0.1) is 0 Å². The first-order valence-electron chi connectivity index (χ1n) is 9.65. The van der Waals surface area contributed by atoms with Crippen LogP contribution in [0.4, 0.5) is 0 Å². The molecular weight excluding hydrogens is 370 g/mol. The number of methoxy groups -OCH3 is 1. The van der Waals surface area contributed by atoms with Gasteiger partial charge < -0.3 is 14.6 Å². The second-order valence-electron chi connectivity index (χ2n) is 7.11. The molecule has 146 valence electrons. The molecule has 1 amide bonds. The fourth-order valence-corrected chi connectivity index (χ4v) is 4.59. The van der Waals surface area contributed by atoms with Gasteiger partial charge in [-0.3, -0.25) is 4.79 Å². The summed E-state index contributed by atoms with van der Waals surface area (Å²) in [5.41, 5.74) is 3.19. The lowest BCUT2D eigenvalue weighted by Crippen LogP contribution is -2.32. The van der Waals surface area contributed by atoms with E-state index in [0.717, 1.165) is 42.0 Å². The maximum atomic E-state index is 12.9. The molecule has 2 unspecified atom stereocenters. The Balaban J connectivity index is 1.39. The Morgan fingerprint density at radius 1 is 1.29 bits per heavy atom. The number of amides is 1. The van der Waals surface area contributed by atoms with E-state index in [1.54, 1.807) is 18.9 Å². The molecule has 1 aromatic heterocycles. The van der Waals surface area contributed by atoms with Crippen LogP contribution >= 0.6 is 11.8 Å². The van der Waals surface area contributed by atoms with E-state index in [-0.39, 0.29) is 17.2 Å². The lowest BCUT2D eigenvalue weighted by Gasteiger charge is -2.25. The van der Waals surface area contributed by atoms with E-state index in [4.69, 9.17) is 4.74 Å². The van der Waals surface area contributed by atoms with Crippen LogP contribution in [0.1, 0.15) is 42.4 Å². The highest BCUT2D eigenvalue weighted by molar-refractivity contribution is 8.00. The number of ether oxygens (including phenoxy) is 1. The first-order valence-corrected chi connectivity index (χ1v) is 10.7. The van der Waals surface area contributed by atoms with Gasteiger partial charge in [0.05, 0.1) is 35.2 Å². The number of imidazole rings is 1. The molecule has 28 heavy (non-hydrogen) atoms. The number of hydrogen-bond donors (Lipinski definition) is 1. The monoisotopic (exact) mass is 395 g/mol.